The van der Waals surface area contributed by atoms with Crippen LogP contribution in [0.5, 0.6) is 5.75 Å². The molecule has 1 unspecified atom stereocenters. The predicted molar refractivity (Wildman–Crippen MR) is 135 cm³/mol. The van der Waals surface area contributed by atoms with Gasteiger partial charge in [-0.2, -0.15) is 14.1 Å². The van der Waals surface area contributed by atoms with Crippen LogP contribution >= 0.6 is 11.6 Å². The van der Waals surface area contributed by atoms with E-state index in [9.17, 15) is 13.2 Å². The number of ether oxygens (including phenoxy) is 1. The van der Waals surface area contributed by atoms with Crippen molar-refractivity contribution < 1.29 is 13.2 Å². The van der Waals surface area contributed by atoms with E-state index in [0.29, 0.717) is 54.4 Å². The Balaban J connectivity index is 1.67. The van der Waals surface area contributed by atoms with E-state index in [1.54, 1.807) is 44.3 Å². The Kier molecular flexibility index (Phi) is 7.26. The van der Waals surface area contributed by atoms with E-state index in [0.717, 1.165) is 12.8 Å². The molecule has 1 aromatic heterocycles. The van der Waals surface area contributed by atoms with Crippen molar-refractivity contribution >= 4 is 27.3 Å². The first-order valence-electron chi connectivity index (χ1n) is 11.9. The molecule has 1 aliphatic heterocycles. The van der Waals surface area contributed by atoms with Crippen LogP contribution in [-0.4, -0.2) is 60.0 Å². The quantitative estimate of drug-likeness (QED) is 0.593. The first kappa shape index (κ1) is 25.0. The van der Waals surface area contributed by atoms with E-state index in [2.05, 4.69) is 18.9 Å². The summed E-state index contributed by atoms with van der Waals surface area (Å²) in [7, 11) is -3.32. The molecule has 34 heavy (non-hydrogen) atoms. The summed E-state index contributed by atoms with van der Waals surface area (Å²) in [5.74, 6) is 1.31. The van der Waals surface area contributed by atoms with Gasteiger partial charge in [0.1, 0.15) is 5.69 Å². The highest BCUT2D eigenvalue weighted by Gasteiger charge is 2.34. The maximum atomic E-state index is 13.6. The number of nitrogens with zero attached hydrogens (tertiary/aromatic N) is 4. The van der Waals surface area contributed by atoms with Gasteiger partial charge in [0.05, 0.1) is 23.2 Å². The van der Waals surface area contributed by atoms with Gasteiger partial charge in [0.15, 0.2) is 0 Å². The molecule has 0 bridgehead atoms. The summed E-state index contributed by atoms with van der Waals surface area (Å²) in [6.45, 7) is 9.43. The highest BCUT2D eigenvalue weighted by Crippen LogP contribution is 2.35. The van der Waals surface area contributed by atoms with Crippen molar-refractivity contribution in [3.63, 3.8) is 0 Å². The molecule has 0 spiro atoms. The molecule has 1 saturated heterocycles. The summed E-state index contributed by atoms with van der Waals surface area (Å²) < 4.78 is 34.4. The monoisotopic (exact) mass is 508 g/mol. The fourth-order valence-electron chi connectivity index (χ4n) is 4.69. The summed E-state index contributed by atoms with van der Waals surface area (Å²) >= 11 is 6.15. The van der Waals surface area contributed by atoms with E-state index in [1.165, 1.54) is 8.99 Å². The normalized spacial score (nSPS) is 24.1. The smallest absolute Gasteiger partial charge is 0.316 e. The second-order valence-corrected chi connectivity index (χ2v) is 12.6. The van der Waals surface area contributed by atoms with Crippen LogP contribution in [0.25, 0.3) is 5.69 Å². The van der Waals surface area contributed by atoms with Crippen LogP contribution < -0.4 is 15.2 Å². The number of rotatable bonds is 6. The van der Waals surface area contributed by atoms with Gasteiger partial charge in [0, 0.05) is 31.2 Å². The zero-order valence-electron chi connectivity index (χ0n) is 20.1. The van der Waals surface area contributed by atoms with Crippen LogP contribution in [0.3, 0.4) is 0 Å². The van der Waals surface area contributed by atoms with Crippen molar-refractivity contribution in [2.45, 2.75) is 51.9 Å². The largest absolute Gasteiger partial charge is 0.483 e. The Morgan fingerprint density at radius 2 is 1.74 bits per heavy atom. The molecule has 2 heterocycles. The molecule has 0 radical (unpaired) electrons. The zero-order chi connectivity index (χ0) is 24.6. The van der Waals surface area contributed by atoms with Gasteiger partial charge in [-0.3, -0.25) is 4.79 Å². The number of halogens is 1. The predicted octanol–water partition coefficient (Wildman–Crippen LogP) is 3.56. The molecule has 10 heteroatoms. The SMILES string of the molecule is CC(C)S(=O)(=O)N1CCN(c2cnn(-c3cccc(Cl)c3)c(=O)c2OC2C[C@@H](C)[C@@H](C)C2)CC1. The van der Waals surface area contributed by atoms with Crippen LogP contribution in [-0.2, 0) is 10.0 Å². The molecule has 2 aromatic rings. The lowest BCUT2D eigenvalue weighted by atomic mass is 10.0. The van der Waals surface area contributed by atoms with Gasteiger partial charge < -0.3 is 9.64 Å². The van der Waals surface area contributed by atoms with Gasteiger partial charge in [-0.25, -0.2) is 8.42 Å². The first-order chi connectivity index (χ1) is 16.1. The van der Waals surface area contributed by atoms with E-state index < -0.39 is 15.3 Å². The molecule has 0 amide bonds. The van der Waals surface area contributed by atoms with Crippen molar-refractivity contribution in [1.82, 2.24) is 14.1 Å². The minimum Gasteiger partial charge on any atom is -0.483 e. The molecule has 1 aromatic carbocycles. The van der Waals surface area contributed by atoms with E-state index >= 15 is 0 Å². The lowest BCUT2D eigenvalue weighted by Gasteiger charge is -2.36. The molecule has 2 aliphatic rings. The highest BCUT2D eigenvalue weighted by molar-refractivity contribution is 7.89. The van der Waals surface area contributed by atoms with Gasteiger partial charge >= 0.3 is 5.56 Å². The Morgan fingerprint density at radius 1 is 1.09 bits per heavy atom. The van der Waals surface area contributed by atoms with Crippen LogP contribution in [0, 0.1) is 11.8 Å². The minimum atomic E-state index is -3.32. The average molecular weight is 509 g/mol. The number of hydrogen-bond donors (Lipinski definition) is 0. The third-order valence-corrected chi connectivity index (χ3v) is 9.54. The molecule has 8 nitrogen and oxygen atoms in total. The van der Waals surface area contributed by atoms with Crippen LogP contribution in [0.15, 0.2) is 35.3 Å². The van der Waals surface area contributed by atoms with Gasteiger partial charge in [0.25, 0.3) is 0 Å². The molecule has 1 saturated carbocycles. The number of anilines is 1. The van der Waals surface area contributed by atoms with Crippen LogP contribution in [0.1, 0.15) is 40.5 Å². The van der Waals surface area contributed by atoms with Crippen molar-refractivity contribution in [2.75, 3.05) is 31.1 Å². The zero-order valence-corrected chi connectivity index (χ0v) is 21.7. The third-order valence-electron chi connectivity index (χ3n) is 7.03. The molecule has 0 N–H and O–H groups in total. The van der Waals surface area contributed by atoms with Gasteiger partial charge in [-0.05, 0) is 56.7 Å². The number of sulfonamides is 1. The van der Waals surface area contributed by atoms with Crippen LogP contribution in [0.4, 0.5) is 5.69 Å². The molecule has 3 atom stereocenters. The Bertz CT molecular complexity index is 1180. The number of benzene rings is 1. The van der Waals surface area contributed by atoms with Crippen molar-refractivity contribution in [3.05, 3.63) is 45.8 Å². The maximum Gasteiger partial charge on any atom is 0.316 e. The fraction of sp³-hybridized carbons (Fsp3) is 0.583. The van der Waals surface area contributed by atoms with Crippen molar-refractivity contribution in [3.8, 4) is 11.4 Å². The fourth-order valence-corrected chi connectivity index (χ4v) is 6.14. The maximum absolute atomic E-state index is 13.6. The Hall–Kier alpha value is -2.10. The van der Waals surface area contributed by atoms with E-state index in [4.69, 9.17) is 16.3 Å². The lowest BCUT2D eigenvalue weighted by Crippen LogP contribution is -2.50. The minimum absolute atomic E-state index is 0.0470. The second kappa shape index (κ2) is 9.87. The average Bonchev–Trinajstić information content (AvgIpc) is 3.11. The second-order valence-electron chi connectivity index (χ2n) is 9.70. The Labute approximate surface area is 206 Å². The summed E-state index contributed by atoms with van der Waals surface area (Å²) in [6, 6.07) is 6.98. The lowest BCUT2D eigenvalue weighted by molar-refractivity contribution is 0.199. The van der Waals surface area contributed by atoms with Crippen LogP contribution in [0.2, 0.25) is 5.02 Å². The first-order valence-corrected chi connectivity index (χ1v) is 13.7. The number of hydrogen-bond acceptors (Lipinski definition) is 6. The molecule has 1 aliphatic carbocycles. The molecular formula is C24H33ClN4O4S. The Morgan fingerprint density at radius 3 is 2.32 bits per heavy atom. The van der Waals surface area contributed by atoms with Crippen molar-refractivity contribution in [2.24, 2.45) is 11.8 Å². The summed E-state index contributed by atoms with van der Waals surface area (Å²) in [6.07, 6.45) is 3.38. The highest BCUT2D eigenvalue weighted by atomic mass is 35.5. The molecule has 186 valence electrons. The standard InChI is InChI=1S/C24H33ClN4O4S/c1-16(2)34(31,32)28-10-8-27(9-11-28)22-15-26-29(20-7-5-6-19(25)14-20)24(30)23(22)33-21-12-17(3)18(4)13-21/h5-7,14-18,21H,8-13H2,1-4H3/t17-,18+,21?. The number of aromatic nitrogens is 2. The summed E-state index contributed by atoms with van der Waals surface area (Å²) in [5.41, 5.74) is 0.830. The summed E-state index contributed by atoms with van der Waals surface area (Å²) in [5, 5.41) is 4.47. The number of piperazine rings is 1. The van der Waals surface area contributed by atoms with Gasteiger partial charge in [-0.1, -0.05) is 31.5 Å². The van der Waals surface area contributed by atoms with Crippen molar-refractivity contribution in [1.29, 1.82) is 0 Å². The molecule has 2 fully saturated rings. The van der Waals surface area contributed by atoms with E-state index in [1.807, 2.05) is 4.90 Å². The molecular weight excluding hydrogens is 476 g/mol. The topological polar surface area (TPSA) is 84.7 Å². The molecule has 4 rings (SSSR count). The van der Waals surface area contributed by atoms with E-state index in [-0.39, 0.29) is 17.4 Å². The van der Waals surface area contributed by atoms with Gasteiger partial charge in [-0.15, -0.1) is 0 Å². The summed E-state index contributed by atoms with van der Waals surface area (Å²) in [4.78, 5) is 15.6. The van der Waals surface area contributed by atoms with Gasteiger partial charge in [0.2, 0.25) is 15.8 Å². The third kappa shape index (κ3) is 4.97.